The van der Waals surface area contributed by atoms with Gasteiger partial charge >= 0.3 is 0 Å². The van der Waals surface area contributed by atoms with Crippen molar-refractivity contribution in [3.05, 3.63) is 72.1 Å². The lowest BCUT2D eigenvalue weighted by atomic mass is 10.1. The molecule has 1 atom stereocenters. The molecule has 28 heavy (non-hydrogen) atoms. The van der Waals surface area contributed by atoms with E-state index in [9.17, 15) is 4.79 Å². The van der Waals surface area contributed by atoms with Crippen molar-refractivity contribution >= 4 is 40.2 Å². The molecule has 2 aromatic carbocycles. The second-order valence-corrected chi connectivity index (χ2v) is 8.27. The Morgan fingerprint density at radius 3 is 2.46 bits per heavy atom. The van der Waals surface area contributed by atoms with Crippen molar-refractivity contribution in [2.24, 2.45) is 0 Å². The van der Waals surface area contributed by atoms with Crippen LogP contribution in [-0.2, 0) is 4.79 Å². The second kappa shape index (κ2) is 7.78. The maximum absolute atomic E-state index is 11.8. The maximum Gasteiger partial charge on any atom is 0.149 e. The SMILES string of the molecule is CC(=O)[C@H](C)Sc1ncnc2c1c(-c1ccccc1)cn2-c1ccc(Cl)cc1. The van der Waals surface area contributed by atoms with Crippen LogP contribution in [-0.4, -0.2) is 25.6 Å². The first-order chi connectivity index (χ1) is 13.5. The maximum atomic E-state index is 11.8. The molecule has 0 bridgehead atoms. The number of carbonyl (C=O) groups excluding carboxylic acids is 1. The van der Waals surface area contributed by atoms with Crippen LogP contribution in [0.1, 0.15) is 13.8 Å². The number of ketones is 1. The van der Waals surface area contributed by atoms with E-state index in [-0.39, 0.29) is 11.0 Å². The highest BCUT2D eigenvalue weighted by Crippen LogP contribution is 2.38. The van der Waals surface area contributed by atoms with Gasteiger partial charge in [0.05, 0.1) is 10.6 Å². The fourth-order valence-electron chi connectivity index (χ4n) is 3.01. The first-order valence-electron chi connectivity index (χ1n) is 8.89. The predicted molar refractivity (Wildman–Crippen MR) is 115 cm³/mol. The molecule has 2 aromatic heterocycles. The molecule has 0 aliphatic heterocycles. The van der Waals surface area contributed by atoms with Gasteiger partial charge in [0.1, 0.15) is 22.8 Å². The summed E-state index contributed by atoms with van der Waals surface area (Å²) in [5.74, 6) is 0.121. The third-order valence-electron chi connectivity index (χ3n) is 4.60. The molecule has 0 saturated heterocycles. The lowest BCUT2D eigenvalue weighted by molar-refractivity contribution is -0.116. The molecule has 0 spiro atoms. The summed E-state index contributed by atoms with van der Waals surface area (Å²) in [5.41, 5.74) is 3.87. The van der Waals surface area contributed by atoms with E-state index in [0.29, 0.717) is 5.02 Å². The van der Waals surface area contributed by atoms with Crippen LogP contribution in [0, 0.1) is 0 Å². The lowest BCUT2D eigenvalue weighted by Crippen LogP contribution is -2.08. The zero-order valence-electron chi connectivity index (χ0n) is 15.5. The van der Waals surface area contributed by atoms with Gasteiger partial charge in [-0.2, -0.15) is 0 Å². The third-order valence-corrected chi connectivity index (χ3v) is 6.07. The topological polar surface area (TPSA) is 47.8 Å². The lowest BCUT2D eigenvalue weighted by Gasteiger charge is -2.09. The summed E-state index contributed by atoms with van der Waals surface area (Å²) in [6.07, 6.45) is 3.62. The highest BCUT2D eigenvalue weighted by Gasteiger charge is 2.20. The van der Waals surface area contributed by atoms with Crippen molar-refractivity contribution < 1.29 is 4.79 Å². The van der Waals surface area contributed by atoms with Crippen LogP contribution in [0.5, 0.6) is 0 Å². The number of thioether (sulfide) groups is 1. The summed E-state index contributed by atoms with van der Waals surface area (Å²) in [6.45, 7) is 3.51. The first-order valence-corrected chi connectivity index (χ1v) is 10.1. The molecule has 2 heterocycles. The molecule has 0 radical (unpaired) electrons. The Labute approximate surface area is 172 Å². The van der Waals surface area contributed by atoms with Crippen molar-refractivity contribution in [1.82, 2.24) is 14.5 Å². The Morgan fingerprint density at radius 2 is 1.79 bits per heavy atom. The monoisotopic (exact) mass is 407 g/mol. The van der Waals surface area contributed by atoms with Crippen LogP contribution in [0.2, 0.25) is 5.02 Å². The van der Waals surface area contributed by atoms with Gasteiger partial charge < -0.3 is 4.57 Å². The van der Waals surface area contributed by atoms with Crippen molar-refractivity contribution in [2.45, 2.75) is 24.1 Å². The van der Waals surface area contributed by atoms with Crippen LogP contribution in [0.15, 0.2) is 72.1 Å². The van der Waals surface area contributed by atoms with Crippen molar-refractivity contribution in [2.75, 3.05) is 0 Å². The number of halogens is 1. The quantitative estimate of drug-likeness (QED) is 0.309. The van der Waals surface area contributed by atoms with Crippen LogP contribution in [0.3, 0.4) is 0 Å². The molecule has 0 amide bonds. The van der Waals surface area contributed by atoms with Gasteiger partial charge in [0.25, 0.3) is 0 Å². The van der Waals surface area contributed by atoms with Gasteiger partial charge in [-0.3, -0.25) is 4.79 Å². The highest BCUT2D eigenvalue weighted by atomic mass is 35.5. The van der Waals surface area contributed by atoms with E-state index in [0.717, 1.165) is 32.9 Å². The third kappa shape index (κ3) is 3.55. The number of aromatic nitrogens is 3. The Kier molecular flexibility index (Phi) is 5.20. The Morgan fingerprint density at radius 1 is 1.07 bits per heavy atom. The Hall–Kier alpha value is -2.63. The Bertz CT molecular complexity index is 1140. The normalized spacial score (nSPS) is 12.2. The van der Waals surface area contributed by atoms with Gasteiger partial charge in [-0.15, -0.1) is 0 Å². The molecule has 0 aliphatic carbocycles. The first kappa shape index (κ1) is 18.7. The fraction of sp³-hybridized carbons (Fsp3) is 0.136. The molecule has 0 unspecified atom stereocenters. The minimum Gasteiger partial charge on any atom is -0.301 e. The number of hydrogen-bond donors (Lipinski definition) is 0. The van der Waals surface area contributed by atoms with E-state index in [1.807, 2.05) is 54.0 Å². The van der Waals surface area contributed by atoms with Crippen LogP contribution < -0.4 is 0 Å². The fourth-order valence-corrected chi connectivity index (χ4v) is 4.06. The second-order valence-electron chi connectivity index (χ2n) is 6.50. The van der Waals surface area contributed by atoms with Crippen molar-refractivity contribution in [3.63, 3.8) is 0 Å². The molecule has 4 aromatic rings. The number of carbonyl (C=O) groups is 1. The van der Waals surface area contributed by atoms with Gasteiger partial charge in [0.15, 0.2) is 0 Å². The van der Waals surface area contributed by atoms with Crippen molar-refractivity contribution in [3.8, 4) is 16.8 Å². The Balaban J connectivity index is 1.97. The molecular weight excluding hydrogens is 390 g/mol. The molecule has 140 valence electrons. The van der Waals surface area contributed by atoms with E-state index in [1.165, 1.54) is 11.8 Å². The molecule has 0 saturated carbocycles. The van der Waals surface area contributed by atoms with Gasteiger partial charge in [0, 0.05) is 22.5 Å². The minimum absolute atomic E-state index is 0.121. The summed E-state index contributed by atoms with van der Waals surface area (Å²) in [4.78, 5) is 20.9. The van der Waals surface area contributed by atoms with Gasteiger partial charge in [0.2, 0.25) is 0 Å². The van der Waals surface area contributed by atoms with Crippen molar-refractivity contribution in [1.29, 1.82) is 0 Å². The number of Topliss-reactive ketones (excluding diaryl/α,β-unsaturated/α-hetero) is 1. The standard InChI is InChI=1S/C22H18ClN3OS/c1-14(27)15(2)28-22-20-19(16-6-4-3-5-7-16)12-26(21(20)24-13-25-22)18-10-8-17(23)9-11-18/h3-13,15H,1-2H3/t15-/m0/s1. The van der Waals surface area contributed by atoms with Crippen LogP contribution in [0.4, 0.5) is 0 Å². The zero-order chi connectivity index (χ0) is 19.7. The highest BCUT2D eigenvalue weighted by molar-refractivity contribution is 8.00. The predicted octanol–water partition coefficient (Wildman–Crippen LogP) is 5.81. The number of nitrogens with zero attached hydrogens (tertiary/aromatic N) is 3. The molecule has 6 heteroatoms. The number of rotatable bonds is 5. The largest absolute Gasteiger partial charge is 0.301 e. The van der Waals surface area contributed by atoms with Crippen LogP contribution in [0.25, 0.3) is 27.8 Å². The zero-order valence-corrected chi connectivity index (χ0v) is 17.0. The summed E-state index contributed by atoms with van der Waals surface area (Å²) < 4.78 is 2.04. The van der Waals surface area contributed by atoms with Gasteiger partial charge in [-0.25, -0.2) is 9.97 Å². The van der Waals surface area contributed by atoms with Gasteiger partial charge in [-0.05, 0) is 43.7 Å². The molecule has 0 fully saturated rings. The summed E-state index contributed by atoms with van der Waals surface area (Å²) in [6, 6.07) is 17.8. The molecule has 4 rings (SSSR count). The average molecular weight is 408 g/mol. The number of fused-ring (bicyclic) bond motifs is 1. The smallest absolute Gasteiger partial charge is 0.149 e. The van der Waals surface area contributed by atoms with E-state index in [1.54, 1.807) is 13.3 Å². The molecular formula is C22H18ClN3OS. The molecule has 0 N–H and O–H groups in total. The summed E-state index contributed by atoms with van der Waals surface area (Å²) >= 11 is 7.53. The average Bonchev–Trinajstić information content (AvgIpc) is 3.10. The van der Waals surface area contributed by atoms with E-state index in [4.69, 9.17) is 11.6 Å². The van der Waals surface area contributed by atoms with E-state index in [2.05, 4.69) is 28.3 Å². The van der Waals surface area contributed by atoms with Crippen LogP contribution >= 0.6 is 23.4 Å². The summed E-state index contributed by atoms with van der Waals surface area (Å²) in [7, 11) is 0. The molecule has 0 aliphatic rings. The van der Waals surface area contributed by atoms with Gasteiger partial charge in [-0.1, -0.05) is 53.7 Å². The summed E-state index contributed by atoms with van der Waals surface area (Å²) in [5, 5.41) is 2.26. The molecule has 4 nitrogen and oxygen atoms in total. The number of hydrogen-bond acceptors (Lipinski definition) is 4. The minimum atomic E-state index is -0.180. The van der Waals surface area contributed by atoms with E-state index < -0.39 is 0 Å². The number of benzene rings is 2. The van der Waals surface area contributed by atoms with E-state index >= 15 is 0 Å².